The molecule has 6 nitrogen and oxygen atoms in total. The zero-order valence-electron chi connectivity index (χ0n) is 12.9. The Kier molecular flexibility index (Phi) is 6.37. The Hall–Kier alpha value is -1.15. The second-order valence-corrected chi connectivity index (χ2v) is 7.73. The van der Waals surface area contributed by atoms with Gasteiger partial charge < -0.3 is 9.47 Å². The SMILES string of the molecule is COC(=O)C(COC(C)(C)C)NS(=O)(=O)c1cccc(Cl)c1. The van der Waals surface area contributed by atoms with E-state index in [1.54, 1.807) is 26.8 Å². The average Bonchev–Trinajstić information content (AvgIpc) is 2.41. The van der Waals surface area contributed by atoms with Gasteiger partial charge in [0.15, 0.2) is 0 Å². The molecule has 0 fully saturated rings. The molecule has 0 saturated heterocycles. The molecule has 8 heteroatoms. The molecule has 0 saturated carbocycles. The van der Waals surface area contributed by atoms with Gasteiger partial charge in [-0.2, -0.15) is 4.72 Å². The highest BCUT2D eigenvalue weighted by atomic mass is 35.5. The maximum Gasteiger partial charge on any atom is 0.326 e. The van der Waals surface area contributed by atoms with Crippen molar-refractivity contribution in [2.24, 2.45) is 0 Å². The third-order valence-corrected chi connectivity index (χ3v) is 4.28. The fourth-order valence-electron chi connectivity index (χ4n) is 1.52. The van der Waals surface area contributed by atoms with Crippen molar-refractivity contribution < 1.29 is 22.7 Å². The van der Waals surface area contributed by atoms with Crippen LogP contribution in [0, 0.1) is 0 Å². The number of esters is 1. The standard InChI is InChI=1S/C14H20ClNO5S/c1-14(2,3)21-9-12(13(17)20-4)16-22(18,19)11-7-5-6-10(15)8-11/h5-8,12,16H,9H2,1-4H3. The van der Waals surface area contributed by atoms with E-state index in [9.17, 15) is 13.2 Å². The van der Waals surface area contributed by atoms with Crippen LogP contribution in [0.4, 0.5) is 0 Å². The molecule has 0 amide bonds. The summed E-state index contributed by atoms with van der Waals surface area (Å²) in [6, 6.07) is 4.60. The number of carbonyl (C=O) groups is 1. The van der Waals surface area contributed by atoms with Crippen LogP contribution in [0.1, 0.15) is 20.8 Å². The zero-order chi connectivity index (χ0) is 17.0. The highest BCUT2D eigenvalue weighted by Gasteiger charge is 2.28. The first-order valence-corrected chi connectivity index (χ1v) is 8.41. The van der Waals surface area contributed by atoms with Gasteiger partial charge in [0.1, 0.15) is 6.04 Å². The largest absolute Gasteiger partial charge is 0.468 e. The van der Waals surface area contributed by atoms with Crippen molar-refractivity contribution in [2.75, 3.05) is 13.7 Å². The number of rotatable bonds is 6. The normalized spacial score (nSPS) is 13.7. The van der Waals surface area contributed by atoms with Crippen molar-refractivity contribution in [1.82, 2.24) is 4.72 Å². The van der Waals surface area contributed by atoms with E-state index in [2.05, 4.69) is 9.46 Å². The summed E-state index contributed by atoms with van der Waals surface area (Å²) >= 11 is 5.79. The second-order valence-electron chi connectivity index (χ2n) is 5.58. The van der Waals surface area contributed by atoms with Crippen molar-refractivity contribution >= 4 is 27.6 Å². The van der Waals surface area contributed by atoms with Crippen molar-refractivity contribution in [2.45, 2.75) is 37.3 Å². The molecule has 0 heterocycles. The number of methoxy groups -OCH3 is 1. The Bertz CT molecular complexity index is 624. The van der Waals surface area contributed by atoms with E-state index in [1.807, 2.05) is 0 Å². The van der Waals surface area contributed by atoms with Crippen LogP contribution in [0.3, 0.4) is 0 Å². The summed E-state index contributed by atoms with van der Waals surface area (Å²) in [7, 11) is -2.74. The van der Waals surface area contributed by atoms with Crippen molar-refractivity contribution in [3.8, 4) is 0 Å². The monoisotopic (exact) mass is 349 g/mol. The minimum absolute atomic E-state index is 0.0374. The average molecular weight is 350 g/mol. The first kappa shape index (κ1) is 18.9. The predicted molar refractivity (Wildman–Crippen MR) is 83.3 cm³/mol. The number of hydrogen-bond donors (Lipinski definition) is 1. The number of carbonyl (C=O) groups excluding carboxylic acids is 1. The van der Waals surface area contributed by atoms with E-state index < -0.39 is 27.6 Å². The van der Waals surface area contributed by atoms with Gasteiger partial charge in [-0.25, -0.2) is 8.42 Å². The van der Waals surface area contributed by atoms with Gasteiger partial charge >= 0.3 is 5.97 Å². The number of hydrogen-bond acceptors (Lipinski definition) is 5. The molecule has 1 N–H and O–H groups in total. The summed E-state index contributed by atoms with van der Waals surface area (Å²) in [4.78, 5) is 11.7. The summed E-state index contributed by atoms with van der Waals surface area (Å²) in [6.07, 6.45) is 0. The maximum absolute atomic E-state index is 12.3. The smallest absolute Gasteiger partial charge is 0.326 e. The minimum Gasteiger partial charge on any atom is -0.468 e. The molecular weight excluding hydrogens is 330 g/mol. The van der Waals surface area contributed by atoms with E-state index in [-0.39, 0.29) is 16.5 Å². The summed E-state index contributed by atoms with van der Waals surface area (Å²) in [6.45, 7) is 5.25. The minimum atomic E-state index is -3.92. The Morgan fingerprint density at radius 3 is 2.50 bits per heavy atom. The third kappa shape index (κ3) is 5.92. The number of ether oxygens (including phenoxy) is 2. The molecular formula is C14H20ClNO5S. The lowest BCUT2D eigenvalue weighted by molar-refractivity contribution is -0.145. The van der Waals surface area contributed by atoms with Gasteiger partial charge in [-0.15, -0.1) is 0 Å². The lowest BCUT2D eigenvalue weighted by atomic mass is 10.2. The Balaban J connectivity index is 2.95. The van der Waals surface area contributed by atoms with Gasteiger partial charge in [-0.1, -0.05) is 17.7 Å². The van der Waals surface area contributed by atoms with E-state index in [1.165, 1.54) is 25.3 Å². The third-order valence-electron chi connectivity index (χ3n) is 2.57. The van der Waals surface area contributed by atoms with Crippen LogP contribution >= 0.6 is 11.6 Å². The molecule has 0 spiro atoms. The Morgan fingerprint density at radius 1 is 1.36 bits per heavy atom. The molecule has 0 aliphatic heterocycles. The van der Waals surface area contributed by atoms with Crippen LogP contribution in [0.2, 0.25) is 5.02 Å². The fraction of sp³-hybridized carbons (Fsp3) is 0.500. The Labute approximate surface area is 135 Å². The molecule has 1 aromatic carbocycles. The van der Waals surface area contributed by atoms with E-state index in [4.69, 9.17) is 16.3 Å². The summed E-state index contributed by atoms with van der Waals surface area (Å²) in [5.41, 5.74) is -0.520. The Morgan fingerprint density at radius 2 is 2.00 bits per heavy atom. The zero-order valence-corrected chi connectivity index (χ0v) is 14.5. The first-order valence-electron chi connectivity index (χ1n) is 6.55. The summed E-state index contributed by atoms with van der Waals surface area (Å²) in [5.74, 6) is -0.727. The number of nitrogens with one attached hydrogen (secondary N) is 1. The van der Waals surface area contributed by atoms with Gasteiger partial charge in [0.2, 0.25) is 10.0 Å². The number of benzene rings is 1. The van der Waals surface area contributed by atoms with Crippen LogP contribution in [0.5, 0.6) is 0 Å². The summed E-state index contributed by atoms with van der Waals surface area (Å²) in [5, 5.41) is 0.281. The highest BCUT2D eigenvalue weighted by molar-refractivity contribution is 7.89. The van der Waals surface area contributed by atoms with Gasteiger partial charge in [0.25, 0.3) is 0 Å². The van der Waals surface area contributed by atoms with Crippen molar-refractivity contribution in [1.29, 1.82) is 0 Å². The van der Waals surface area contributed by atoms with Gasteiger partial charge in [-0.3, -0.25) is 4.79 Å². The maximum atomic E-state index is 12.3. The van der Waals surface area contributed by atoms with Gasteiger partial charge in [0.05, 0.1) is 24.2 Å². The quantitative estimate of drug-likeness (QED) is 0.794. The molecule has 22 heavy (non-hydrogen) atoms. The van der Waals surface area contributed by atoms with E-state index >= 15 is 0 Å². The molecule has 0 aliphatic rings. The van der Waals surface area contributed by atoms with Crippen LogP contribution in [0.15, 0.2) is 29.2 Å². The number of sulfonamides is 1. The van der Waals surface area contributed by atoms with Crippen LogP contribution < -0.4 is 4.72 Å². The van der Waals surface area contributed by atoms with E-state index in [0.29, 0.717) is 0 Å². The molecule has 1 atom stereocenters. The second kappa shape index (κ2) is 7.41. The lowest BCUT2D eigenvalue weighted by Gasteiger charge is -2.23. The highest BCUT2D eigenvalue weighted by Crippen LogP contribution is 2.16. The van der Waals surface area contributed by atoms with Crippen LogP contribution in [-0.4, -0.2) is 39.7 Å². The topological polar surface area (TPSA) is 81.7 Å². The molecule has 0 bridgehead atoms. The van der Waals surface area contributed by atoms with E-state index in [0.717, 1.165) is 0 Å². The molecule has 0 aromatic heterocycles. The van der Waals surface area contributed by atoms with Crippen molar-refractivity contribution in [3.05, 3.63) is 29.3 Å². The summed E-state index contributed by atoms with van der Waals surface area (Å²) < 4.78 is 37.0. The molecule has 1 aromatic rings. The predicted octanol–water partition coefficient (Wildman–Crippen LogP) is 1.97. The van der Waals surface area contributed by atoms with Gasteiger partial charge in [0, 0.05) is 5.02 Å². The van der Waals surface area contributed by atoms with Crippen LogP contribution in [-0.2, 0) is 24.3 Å². The van der Waals surface area contributed by atoms with Crippen molar-refractivity contribution in [3.63, 3.8) is 0 Å². The molecule has 0 radical (unpaired) electrons. The first-order chi connectivity index (χ1) is 10.0. The molecule has 124 valence electrons. The molecule has 0 aliphatic carbocycles. The lowest BCUT2D eigenvalue weighted by Crippen LogP contribution is -2.46. The molecule has 1 rings (SSSR count). The van der Waals surface area contributed by atoms with Gasteiger partial charge in [-0.05, 0) is 39.0 Å². The molecule has 1 unspecified atom stereocenters. The fourth-order valence-corrected chi connectivity index (χ4v) is 2.98. The van der Waals surface area contributed by atoms with Crippen LogP contribution in [0.25, 0.3) is 0 Å². The number of halogens is 1.